The van der Waals surface area contributed by atoms with Gasteiger partial charge in [-0.3, -0.25) is 0 Å². The van der Waals surface area contributed by atoms with Gasteiger partial charge in [-0.05, 0) is 17.7 Å². The maximum absolute atomic E-state index is 11.3. The van der Waals surface area contributed by atoms with Crippen LogP contribution in [0.3, 0.4) is 0 Å². The zero-order valence-corrected chi connectivity index (χ0v) is 9.99. The van der Waals surface area contributed by atoms with E-state index < -0.39 is 18.0 Å². The first-order chi connectivity index (χ1) is 9.43. The lowest BCUT2D eigenvalue weighted by molar-refractivity contribution is -0.142. The Morgan fingerprint density at radius 1 is 1.30 bits per heavy atom. The van der Waals surface area contributed by atoms with E-state index in [0.717, 1.165) is 0 Å². The second kappa shape index (κ2) is 6.55. The third kappa shape index (κ3) is 4.15. The molecule has 0 atom stereocenters. The van der Waals surface area contributed by atoms with Gasteiger partial charge >= 0.3 is 18.0 Å². The van der Waals surface area contributed by atoms with Crippen LogP contribution in [0.4, 0.5) is 4.79 Å². The molecular weight excluding hydrogens is 266 g/mol. The molecule has 0 bridgehead atoms. The van der Waals surface area contributed by atoms with E-state index in [9.17, 15) is 14.4 Å². The van der Waals surface area contributed by atoms with Crippen LogP contribution in [0.15, 0.2) is 30.3 Å². The number of amides is 2. The summed E-state index contributed by atoms with van der Waals surface area (Å²) in [7, 11) is 0. The van der Waals surface area contributed by atoms with Crippen LogP contribution in [0.2, 0.25) is 0 Å². The van der Waals surface area contributed by atoms with Gasteiger partial charge in [-0.1, -0.05) is 12.1 Å². The van der Waals surface area contributed by atoms with Crippen LogP contribution in [-0.2, 0) is 14.4 Å². The van der Waals surface area contributed by atoms with Crippen LogP contribution >= 0.6 is 0 Å². The van der Waals surface area contributed by atoms with Crippen molar-refractivity contribution in [3.05, 3.63) is 41.5 Å². The zero-order valence-electron chi connectivity index (χ0n) is 9.99. The van der Waals surface area contributed by atoms with Gasteiger partial charge in [0.1, 0.15) is 0 Å². The van der Waals surface area contributed by atoms with Gasteiger partial charge in [0, 0.05) is 6.08 Å². The van der Waals surface area contributed by atoms with Crippen LogP contribution in [0, 0.1) is 11.3 Å². The highest BCUT2D eigenvalue weighted by Gasteiger charge is 2.14. The molecule has 0 saturated carbocycles. The Balaban J connectivity index is 2.98. The van der Waals surface area contributed by atoms with Crippen molar-refractivity contribution in [3.8, 4) is 6.07 Å². The molecule has 20 heavy (non-hydrogen) atoms. The van der Waals surface area contributed by atoms with E-state index >= 15 is 0 Å². The predicted molar refractivity (Wildman–Crippen MR) is 65.6 cm³/mol. The van der Waals surface area contributed by atoms with Gasteiger partial charge in [-0.25, -0.2) is 14.4 Å². The minimum Gasteiger partial charge on any atom is -0.478 e. The average Bonchev–Trinajstić information content (AvgIpc) is 2.42. The van der Waals surface area contributed by atoms with Crippen molar-refractivity contribution in [1.82, 2.24) is 5.48 Å². The van der Waals surface area contributed by atoms with Crippen molar-refractivity contribution in [1.29, 1.82) is 5.26 Å². The van der Waals surface area contributed by atoms with E-state index in [2.05, 4.69) is 10.6 Å². The Bertz CT molecular complexity index is 613. The fraction of sp³-hybridized carbons (Fsp3) is 0. The summed E-state index contributed by atoms with van der Waals surface area (Å²) < 4.78 is 0. The first kappa shape index (κ1) is 14.7. The molecule has 0 aliphatic carbocycles. The fourth-order valence-corrected chi connectivity index (χ4v) is 1.24. The highest BCUT2D eigenvalue weighted by Crippen LogP contribution is 2.15. The maximum atomic E-state index is 11.3. The topological polar surface area (TPSA) is 143 Å². The molecule has 0 saturated heterocycles. The van der Waals surface area contributed by atoms with Gasteiger partial charge in [-0.2, -0.15) is 10.7 Å². The fourth-order valence-electron chi connectivity index (χ4n) is 1.24. The van der Waals surface area contributed by atoms with Crippen LogP contribution in [0.25, 0.3) is 5.57 Å². The summed E-state index contributed by atoms with van der Waals surface area (Å²) in [4.78, 5) is 36.9. The molecule has 0 unspecified atom stereocenters. The van der Waals surface area contributed by atoms with E-state index in [1.165, 1.54) is 24.3 Å². The molecule has 8 nitrogen and oxygen atoms in total. The molecule has 0 radical (unpaired) electrons. The van der Waals surface area contributed by atoms with Crippen molar-refractivity contribution in [2.45, 2.75) is 0 Å². The molecule has 0 heterocycles. The minimum atomic E-state index is -1.37. The highest BCUT2D eigenvalue weighted by atomic mass is 16.7. The van der Waals surface area contributed by atoms with Gasteiger partial charge in [0.25, 0.3) is 0 Å². The van der Waals surface area contributed by atoms with Gasteiger partial charge < -0.3 is 15.7 Å². The van der Waals surface area contributed by atoms with Crippen molar-refractivity contribution >= 4 is 23.5 Å². The normalized spacial score (nSPS) is 10.2. The van der Waals surface area contributed by atoms with Crippen LogP contribution in [0.5, 0.6) is 0 Å². The Labute approximate surface area is 113 Å². The molecule has 8 heteroatoms. The lowest BCUT2D eigenvalue weighted by Gasteiger charge is -2.03. The summed E-state index contributed by atoms with van der Waals surface area (Å²) in [6, 6.07) is 6.32. The Morgan fingerprint density at radius 2 is 1.90 bits per heavy atom. The summed E-state index contributed by atoms with van der Waals surface area (Å²) in [5, 5.41) is 17.7. The van der Waals surface area contributed by atoms with Gasteiger partial charge in [0.15, 0.2) is 0 Å². The Hall–Kier alpha value is -3.34. The number of carboxylic acids is 1. The number of carbonyl (C=O) groups is 3. The second-order valence-corrected chi connectivity index (χ2v) is 3.44. The van der Waals surface area contributed by atoms with Crippen molar-refractivity contribution in [2.24, 2.45) is 5.73 Å². The lowest BCUT2D eigenvalue weighted by atomic mass is 10.0. The quantitative estimate of drug-likeness (QED) is 0.529. The number of aliphatic carboxylic acids is 1. The molecule has 102 valence electrons. The van der Waals surface area contributed by atoms with Crippen LogP contribution < -0.4 is 11.2 Å². The number of hydroxylamine groups is 1. The molecule has 0 fully saturated rings. The first-order valence-electron chi connectivity index (χ1n) is 5.16. The number of nitrogens with zero attached hydrogens (tertiary/aromatic N) is 1. The molecule has 4 N–H and O–H groups in total. The van der Waals surface area contributed by atoms with E-state index in [0.29, 0.717) is 11.6 Å². The van der Waals surface area contributed by atoms with Gasteiger partial charge in [-0.15, -0.1) is 0 Å². The van der Waals surface area contributed by atoms with Gasteiger partial charge in [0.05, 0.1) is 17.2 Å². The molecule has 0 spiro atoms. The minimum absolute atomic E-state index is 0.201. The summed E-state index contributed by atoms with van der Waals surface area (Å²) in [6.07, 6.45) is 0.680. The first-order valence-corrected chi connectivity index (χ1v) is 5.16. The molecule has 2 amide bonds. The summed E-state index contributed by atoms with van der Waals surface area (Å²) in [5.74, 6) is -2.48. The third-order valence-electron chi connectivity index (χ3n) is 2.07. The molecule has 1 aromatic carbocycles. The predicted octanol–water partition coefficient (Wildman–Crippen LogP) is 0.153. The van der Waals surface area contributed by atoms with Crippen molar-refractivity contribution < 1.29 is 24.3 Å². The Morgan fingerprint density at radius 3 is 2.35 bits per heavy atom. The van der Waals surface area contributed by atoms with Crippen LogP contribution in [-0.4, -0.2) is 23.1 Å². The number of benzene rings is 1. The molecule has 1 rings (SSSR count). The number of nitrogens with two attached hydrogens (primary N) is 1. The molecular formula is C12H9N3O5. The summed E-state index contributed by atoms with van der Waals surface area (Å²) >= 11 is 0. The zero-order chi connectivity index (χ0) is 15.1. The number of nitriles is 1. The number of carboxylic acid groups (broad SMARTS) is 1. The Kier molecular flexibility index (Phi) is 4.82. The standard InChI is InChI=1S/C12H9N3O5/c13-6-7-1-3-8(4-2-7)9(11(17)18)5-10(16)20-15-12(14)19/h1-5H,(H,17,18)(H3,14,15,19)/b9-5-. The largest absolute Gasteiger partial charge is 0.478 e. The van der Waals surface area contributed by atoms with E-state index in [1.54, 1.807) is 5.48 Å². The lowest BCUT2D eigenvalue weighted by Crippen LogP contribution is -2.31. The van der Waals surface area contributed by atoms with Gasteiger partial charge in [0.2, 0.25) is 0 Å². The molecule has 0 aliphatic rings. The SMILES string of the molecule is N#Cc1ccc(/C(=C/C(=O)ONC(N)=O)C(=O)O)cc1. The van der Waals surface area contributed by atoms with Crippen molar-refractivity contribution in [3.63, 3.8) is 0 Å². The number of rotatable bonds is 3. The second-order valence-electron chi connectivity index (χ2n) is 3.44. The van der Waals surface area contributed by atoms with Crippen molar-refractivity contribution in [2.75, 3.05) is 0 Å². The average molecular weight is 275 g/mol. The maximum Gasteiger partial charge on any atom is 0.356 e. The number of urea groups is 1. The monoisotopic (exact) mass is 275 g/mol. The third-order valence-corrected chi connectivity index (χ3v) is 2.07. The summed E-state index contributed by atoms with van der Waals surface area (Å²) in [6.45, 7) is 0. The molecule has 0 aromatic heterocycles. The smallest absolute Gasteiger partial charge is 0.356 e. The van der Waals surface area contributed by atoms with Crippen LogP contribution in [0.1, 0.15) is 11.1 Å². The molecule has 1 aromatic rings. The van der Waals surface area contributed by atoms with E-state index in [1.807, 2.05) is 6.07 Å². The van der Waals surface area contributed by atoms with E-state index in [-0.39, 0.29) is 11.1 Å². The molecule has 0 aliphatic heterocycles. The number of primary amides is 1. The number of carbonyl (C=O) groups excluding carboxylic acids is 2. The number of hydrogen-bond acceptors (Lipinski definition) is 5. The highest BCUT2D eigenvalue weighted by molar-refractivity contribution is 6.19. The van der Waals surface area contributed by atoms with E-state index in [4.69, 9.17) is 10.4 Å². The number of nitrogens with one attached hydrogen (secondary N) is 1. The summed E-state index contributed by atoms with van der Waals surface area (Å²) in [5.41, 5.74) is 6.44. The number of hydrogen-bond donors (Lipinski definition) is 3.